The lowest BCUT2D eigenvalue weighted by Gasteiger charge is -2.33. The molecule has 1 nitrogen and oxygen atoms in total. The summed E-state index contributed by atoms with van der Waals surface area (Å²) >= 11 is 0. The van der Waals surface area contributed by atoms with E-state index in [0.29, 0.717) is 0 Å². The number of anilines is 2. The summed E-state index contributed by atoms with van der Waals surface area (Å²) in [7, 11) is 0. The van der Waals surface area contributed by atoms with Crippen LogP contribution in [-0.2, 0) is 5.41 Å². The van der Waals surface area contributed by atoms with E-state index in [9.17, 15) is 0 Å². The topological polar surface area (TPSA) is 12.0 Å². The van der Waals surface area contributed by atoms with Crippen molar-refractivity contribution in [3.05, 3.63) is 72.3 Å². The van der Waals surface area contributed by atoms with E-state index in [4.69, 9.17) is 0 Å². The predicted octanol–water partition coefficient (Wildman–Crippen LogP) is 6.45. The summed E-state index contributed by atoms with van der Waals surface area (Å²) in [5, 5.41) is 3.57. The van der Waals surface area contributed by atoms with Crippen LogP contribution in [0.4, 0.5) is 11.4 Å². The molecule has 0 radical (unpaired) electrons. The molecule has 1 atom stereocenters. The third-order valence-corrected chi connectivity index (χ3v) is 4.55. The third-order valence-electron chi connectivity index (χ3n) is 4.55. The Labute approximate surface area is 135 Å². The van der Waals surface area contributed by atoms with Gasteiger partial charge in [-0.05, 0) is 37.1 Å². The smallest absolute Gasteiger partial charge is 0.0425 e. The first-order valence-corrected chi connectivity index (χ1v) is 8.15. The molecule has 0 aliphatic rings. The molecule has 2 rings (SSSR count). The van der Waals surface area contributed by atoms with Crippen LogP contribution in [0.1, 0.15) is 45.6 Å². The van der Waals surface area contributed by atoms with Crippen LogP contribution < -0.4 is 5.32 Å². The van der Waals surface area contributed by atoms with Crippen molar-refractivity contribution in [2.75, 3.05) is 5.32 Å². The van der Waals surface area contributed by atoms with Crippen LogP contribution in [0.5, 0.6) is 0 Å². The Morgan fingerprint density at radius 3 is 2.32 bits per heavy atom. The lowest BCUT2D eigenvalue weighted by Crippen LogP contribution is -2.24. The Morgan fingerprint density at radius 2 is 1.68 bits per heavy atom. The zero-order valence-corrected chi connectivity index (χ0v) is 14.0. The second-order valence-corrected chi connectivity index (χ2v) is 6.25. The fourth-order valence-electron chi connectivity index (χ4n) is 2.86. The van der Waals surface area contributed by atoms with E-state index in [0.717, 1.165) is 12.1 Å². The molecule has 0 saturated carbocycles. The van der Waals surface area contributed by atoms with E-state index in [1.165, 1.54) is 29.7 Å². The van der Waals surface area contributed by atoms with Crippen LogP contribution in [0.2, 0.25) is 0 Å². The fourth-order valence-corrected chi connectivity index (χ4v) is 2.86. The first kappa shape index (κ1) is 16.4. The van der Waals surface area contributed by atoms with Gasteiger partial charge in [-0.15, -0.1) is 0 Å². The number of nitrogens with one attached hydrogen (secondary N) is 1. The van der Waals surface area contributed by atoms with Crippen molar-refractivity contribution in [2.45, 2.75) is 45.4 Å². The highest BCUT2D eigenvalue weighted by molar-refractivity contribution is 5.65. The summed E-state index contributed by atoms with van der Waals surface area (Å²) in [4.78, 5) is 0. The Balaban J connectivity index is 2.39. The molecule has 0 aromatic heterocycles. The van der Waals surface area contributed by atoms with Gasteiger partial charge in [0.1, 0.15) is 0 Å². The van der Waals surface area contributed by atoms with Crippen LogP contribution in [-0.4, -0.2) is 0 Å². The highest BCUT2D eigenvalue weighted by Gasteiger charge is 2.29. The molecule has 0 aliphatic heterocycles. The fraction of sp³-hybridized carbons (Fsp3) is 0.333. The Hall–Kier alpha value is -2.02. The zero-order chi connectivity index (χ0) is 16.0. The van der Waals surface area contributed by atoms with Gasteiger partial charge in [0, 0.05) is 16.8 Å². The second-order valence-electron chi connectivity index (χ2n) is 6.25. The van der Waals surface area contributed by atoms with Gasteiger partial charge in [-0.3, -0.25) is 0 Å². The quantitative estimate of drug-likeness (QED) is 0.578. The van der Waals surface area contributed by atoms with E-state index >= 15 is 0 Å². The summed E-state index contributed by atoms with van der Waals surface area (Å²) in [6.45, 7) is 11.0. The van der Waals surface area contributed by atoms with E-state index in [1.54, 1.807) is 0 Å². The summed E-state index contributed by atoms with van der Waals surface area (Å²) in [5.74, 6) is 0. The molecule has 2 aromatic carbocycles. The van der Waals surface area contributed by atoms with Crippen LogP contribution in [0, 0.1) is 0 Å². The van der Waals surface area contributed by atoms with Gasteiger partial charge in [0.25, 0.3) is 0 Å². The minimum absolute atomic E-state index is 0.00832. The molecule has 0 saturated heterocycles. The molecule has 116 valence electrons. The Morgan fingerprint density at radius 1 is 1.05 bits per heavy atom. The second kappa shape index (κ2) is 7.31. The van der Waals surface area contributed by atoms with Gasteiger partial charge in [0.05, 0.1) is 0 Å². The first-order valence-electron chi connectivity index (χ1n) is 8.15. The van der Waals surface area contributed by atoms with Crippen LogP contribution in [0.25, 0.3) is 0 Å². The van der Waals surface area contributed by atoms with Gasteiger partial charge in [-0.2, -0.15) is 0 Å². The molecule has 2 aromatic rings. The highest BCUT2D eigenvalue weighted by atomic mass is 14.9. The number of para-hydroxylation sites is 2. The average Bonchev–Trinajstić information content (AvgIpc) is 2.54. The van der Waals surface area contributed by atoms with Gasteiger partial charge in [-0.1, -0.05) is 75.2 Å². The van der Waals surface area contributed by atoms with Gasteiger partial charge in [-0.25, -0.2) is 0 Å². The molecule has 0 aliphatic carbocycles. The number of hydrogen-bond acceptors (Lipinski definition) is 1. The minimum Gasteiger partial charge on any atom is -0.355 e. The molecule has 1 unspecified atom stereocenters. The van der Waals surface area contributed by atoms with Crippen LogP contribution in [0.15, 0.2) is 66.7 Å². The van der Waals surface area contributed by atoms with Crippen molar-refractivity contribution in [2.24, 2.45) is 0 Å². The predicted molar refractivity (Wildman–Crippen MR) is 97.9 cm³/mol. The maximum absolute atomic E-state index is 4.28. The van der Waals surface area contributed by atoms with Gasteiger partial charge in [0.2, 0.25) is 0 Å². The standard InChI is InChI=1S/C21H27N/c1-5-6-16-21(4,17(2)3)19-14-10-11-15-20(19)22-18-12-8-7-9-13-18/h7-15,22H,2,5-6,16H2,1,3-4H3. The lowest BCUT2D eigenvalue weighted by atomic mass is 9.72. The van der Waals surface area contributed by atoms with Crippen molar-refractivity contribution in [3.63, 3.8) is 0 Å². The number of allylic oxidation sites excluding steroid dienone is 1. The molecule has 1 N–H and O–H groups in total. The molecule has 0 amide bonds. The molecular weight excluding hydrogens is 266 g/mol. The van der Waals surface area contributed by atoms with Gasteiger partial charge >= 0.3 is 0 Å². The molecule has 0 heterocycles. The van der Waals surface area contributed by atoms with Crippen molar-refractivity contribution >= 4 is 11.4 Å². The number of unbranched alkanes of at least 4 members (excludes halogenated alkanes) is 1. The SMILES string of the molecule is C=C(C)C(C)(CCCC)c1ccccc1Nc1ccccc1. The molecule has 0 bridgehead atoms. The average molecular weight is 293 g/mol. The van der Waals surface area contributed by atoms with Crippen molar-refractivity contribution in [3.8, 4) is 0 Å². The Kier molecular flexibility index (Phi) is 5.43. The molecule has 22 heavy (non-hydrogen) atoms. The van der Waals surface area contributed by atoms with E-state index in [2.05, 4.69) is 81.2 Å². The van der Waals surface area contributed by atoms with Crippen molar-refractivity contribution < 1.29 is 0 Å². The number of rotatable bonds is 7. The lowest BCUT2D eigenvalue weighted by molar-refractivity contribution is 0.486. The maximum Gasteiger partial charge on any atom is 0.0425 e. The van der Waals surface area contributed by atoms with Crippen LogP contribution in [0.3, 0.4) is 0 Å². The first-order chi connectivity index (χ1) is 10.6. The third kappa shape index (κ3) is 3.59. The normalized spacial score (nSPS) is 13.4. The highest BCUT2D eigenvalue weighted by Crippen LogP contribution is 2.40. The summed E-state index contributed by atoms with van der Waals surface area (Å²) in [5.41, 5.74) is 4.86. The summed E-state index contributed by atoms with van der Waals surface area (Å²) < 4.78 is 0. The Bertz CT molecular complexity index is 615. The van der Waals surface area contributed by atoms with Crippen molar-refractivity contribution in [1.29, 1.82) is 0 Å². The zero-order valence-electron chi connectivity index (χ0n) is 14.0. The number of benzene rings is 2. The largest absolute Gasteiger partial charge is 0.355 e. The summed E-state index contributed by atoms with van der Waals surface area (Å²) in [6.07, 6.45) is 3.55. The van der Waals surface area contributed by atoms with E-state index in [-0.39, 0.29) is 5.41 Å². The minimum atomic E-state index is 0.00832. The molecule has 0 fully saturated rings. The van der Waals surface area contributed by atoms with Crippen LogP contribution >= 0.6 is 0 Å². The molecule has 0 spiro atoms. The molecular formula is C21H27N. The number of hydrogen-bond donors (Lipinski definition) is 1. The van der Waals surface area contributed by atoms with Crippen molar-refractivity contribution in [1.82, 2.24) is 0 Å². The van der Waals surface area contributed by atoms with E-state index in [1.807, 2.05) is 6.07 Å². The van der Waals surface area contributed by atoms with Gasteiger partial charge < -0.3 is 5.32 Å². The molecule has 1 heteroatoms. The summed E-state index contributed by atoms with van der Waals surface area (Å²) in [6, 6.07) is 19.0. The van der Waals surface area contributed by atoms with Gasteiger partial charge in [0.15, 0.2) is 0 Å². The van der Waals surface area contributed by atoms with E-state index < -0.39 is 0 Å². The monoisotopic (exact) mass is 293 g/mol. The maximum atomic E-state index is 4.28.